The highest BCUT2D eigenvalue weighted by molar-refractivity contribution is 5.81. The zero-order chi connectivity index (χ0) is 14.6. The third-order valence-corrected chi connectivity index (χ3v) is 2.96. The van der Waals surface area contributed by atoms with Gasteiger partial charge in [0, 0.05) is 12.8 Å². The Labute approximate surface area is 114 Å². The summed E-state index contributed by atoms with van der Waals surface area (Å²) in [6.45, 7) is 8.39. The van der Waals surface area contributed by atoms with Crippen LogP contribution in [0.1, 0.15) is 46.1 Å². The third kappa shape index (κ3) is 5.50. The summed E-state index contributed by atoms with van der Waals surface area (Å²) in [5.74, 6) is -1.59. The molecule has 0 aliphatic rings. The van der Waals surface area contributed by atoms with Gasteiger partial charge in [0.15, 0.2) is 11.6 Å². The molecule has 0 aliphatic heterocycles. The summed E-state index contributed by atoms with van der Waals surface area (Å²) in [5, 5.41) is 0. The molecule has 106 valence electrons. The van der Waals surface area contributed by atoms with Crippen molar-refractivity contribution < 1.29 is 13.6 Å². The SMILES string of the molecule is CC(CC(=O)Cc1cccc(F)c1F)CC(C)(C)C. The molecule has 0 N–H and O–H groups in total. The quantitative estimate of drug-likeness (QED) is 0.766. The number of benzene rings is 1. The van der Waals surface area contributed by atoms with E-state index in [1.54, 1.807) is 0 Å². The highest BCUT2D eigenvalue weighted by atomic mass is 19.2. The van der Waals surface area contributed by atoms with Crippen LogP contribution in [0.4, 0.5) is 8.78 Å². The van der Waals surface area contributed by atoms with Gasteiger partial charge < -0.3 is 0 Å². The fourth-order valence-electron chi connectivity index (χ4n) is 2.48. The van der Waals surface area contributed by atoms with Crippen molar-refractivity contribution in [3.05, 3.63) is 35.4 Å². The number of hydrogen-bond donors (Lipinski definition) is 0. The van der Waals surface area contributed by atoms with E-state index in [9.17, 15) is 13.6 Å². The summed E-state index contributed by atoms with van der Waals surface area (Å²) in [6.07, 6.45) is 1.32. The summed E-state index contributed by atoms with van der Waals surface area (Å²) in [6, 6.07) is 3.95. The summed E-state index contributed by atoms with van der Waals surface area (Å²) >= 11 is 0. The van der Waals surface area contributed by atoms with Crippen LogP contribution in [0.25, 0.3) is 0 Å². The van der Waals surface area contributed by atoms with E-state index >= 15 is 0 Å². The lowest BCUT2D eigenvalue weighted by atomic mass is 9.83. The number of ketones is 1. The normalized spacial score (nSPS) is 13.4. The van der Waals surface area contributed by atoms with Gasteiger partial charge in [-0.2, -0.15) is 0 Å². The molecule has 1 unspecified atom stereocenters. The molecule has 0 aliphatic carbocycles. The lowest BCUT2D eigenvalue weighted by Crippen LogP contribution is -2.15. The zero-order valence-corrected chi connectivity index (χ0v) is 12.1. The van der Waals surface area contributed by atoms with Crippen LogP contribution in [-0.2, 0) is 11.2 Å². The van der Waals surface area contributed by atoms with Crippen LogP contribution in [0.3, 0.4) is 0 Å². The van der Waals surface area contributed by atoms with E-state index < -0.39 is 11.6 Å². The number of halogens is 2. The standard InChI is InChI=1S/C16H22F2O/c1-11(10-16(2,3)4)8-13(19)9-12-6-5-7-14(17)15(12)18/h5-7,11H,8-10H2,1-4H3. The van der Waals surface area contributed by atoms with Crippen LogP contribution >= 0.6 is 0 Å². The molecule has 1 nitrogen and oxygen atoms in total. The molecule has 0 saturated carbocycles. The Bertz CT molecular complexity index is 447. The van der Waals surface area contributed by atoms with Crippen LogP contribution in [0.5, 0.6) is 0 Å². The van der Waals surface area contributed by atoms with Crippen LogP contribution in [0, 0.1) is 23.0 Å². The van der Waals surface area contributed by atoms with Crippen LogP contribution in [-0.4, -0.2) is 5.78 Å². The van der Waals surface area contributed by atoms with Gasteiger partial charge in [-0.25, -0.2) is 8.78 Å². The highest BCUT2D eigenvalue weighted by Crippen LogP contribution is 2.26. The number of hydrogen-bond acceptors (Lipinski definition) is 1. The molecule has 1 aromatic carbocycles. The highest BCUT2D eigenvalue weighted by Gasteiger charge is 2.19. The minimum absolute atomic E-state index is 0.0297. The van der Waals surface area contributed by atoms with Crippen molar-refractivity contribution in [3.8, 4) is 0 Å². The molecule has 1 aromatic rings. The fourth-order valence-corrected chi connectivity index (χ4v) is 2.48. The Hall–Kier alpha value is -1.25. The van der Waals surface area contributed by atoms with Gasteiger partial charge in [0.25, 0.3) is 0 Å². The Kier molecular flexibility index (Phi) is 5.21. The molecule has 0 radical (unpaired) electrons. The number of carbonyl (C=O) groups excluding carboxylic acids is 1. The second-order valence-corrected chi connectivity index (χ2v) is 6.50. The zero-order valence-electron chi connectivity index (χ0n) is 12.1. The van der Waals surface area contributed by atoms with Crippen molar-refractivity contribution >= 4 is 5.78 Å². The summed E-state index contributed by atoms with van der Waals surface area (Å²) in [5.41, 5.74) is 0.317. The van der Waals surface area contributed by atoms with E-state index in [-0.39, 0.29) is 29.1 Å². The van der Waals surface area contributed by atoms with Crippen LogP contribution < -0.4 is 0 Å². The average molecular weight is 268 g/mol. The van der Waals surface area contributed by atoms with Crippen molar-refractivity contribution in [2.75, 3.05) is 0 Å². The maximum Gasteiger partial charge on any atom is 0.162 e. The fraction of sp³-hybridized carbons (Fsp3) is 0.562. The van der Waals surface area contributed by atoms with Crippen molar-refractivity contribution in [1.82, 2.24) is 0 Å². The molecule has 0 aromatic heterocycles. The second-order valence-electron chi connectivity index (χ2n) is 6.50. The number of Topliss-reactive ketones (excluding diaryl/α,β-unsaturated/α-hetero) is 1. The van der Waals surface area contributed by atoms with E-state index in [0.717, 1.165) is 12.5 Å². The Morgan fingerprint density at radius 2 is 1.89 bits per heavy atom. The Morgan fingerprint density at radius 3 is 2.47 bits per heavy atom. The number of carbonyl (C=O) groups is 1. The van der Waals surface area contributed by atoms with E-state index in [2.05, 4.69) is 20.8 Å². The molecule has 3 heteroatoms. The molecule has 19 heavy (non-hydrogen) atoms. The van der Waals surface area contributed by atoms with E-state index in [4.69, 9.17) is 0 Å². The summed E-state index contributed by atoms with van der Waals surface area (Å²) in [7, 11) is 0. The molecule has 0 heterocycles. The second kappa shape index (κ2) is 6.27. The Morgan fingerprint density at radius 1 is 1.26 bits per heavy atom. The van der Waals surface area contributed by atoms with Gasteiger partial charge in [0.1, 0.15) is 5.78 Å². The van der Waals surface area contributed by atoms with Gasteiger partial charge in [0.2, 0.25) is 0 Å². The van der Waals surface area contributed by atoms with Gasteiger partial charge in [-0.05, 0) is 29.4 Å². The van der Waals surface area contributed by atoms with Crippen molar-refractivity contribution in [2.24, 2.45) is 11.3 Å². The first-order chi connectivity index (χ1) is 8.69. The molecular formula is C16H22F2O. The van der Waals surface area contributed by atoms with Crippen molar-refractivity contribution in [2.45, 2.75) is 47.0 Å². The van der Waals surface area contributed by atoms with Crippen molar-refractivity contribution in [3.63, 3.8) is 0 Å². The van der Waals surface area contributed by atoms with E-state index in [1.165, 1.54) is 12.1 Å². The maximum atomic E-state index is 13.4. The van der Waals surface area contributed by atoms with Gasteiger partial charge in [-0.1, -0.05) is 39.8 Å². The molecule has 0 saturated heterocycles. The first-order valence-electron chi connectivity index (χ1n) is 6.63. The molecule has 1 rings (SSSR count). The van der Waals surface area contributed by atoms with Crippen molar-refractivity contribution in [1.29, 1.82) is 0 Å². The molecule has 1 atom stereocenters. The van der Waals surface area contributed by atoms with Crippen LogP contribution in [0.2, 0.25) is 0 Å². The minimum Gasteiger partial charge on any atom is -0.299 e. The van der Waals surface area contributed by atoms with E-state index in [0.29, 0.717) is 6.42 Å². The first-order valence-corrected chi connectivity index (χ1v) is 6.63. The smallest absolute Gasteiger partial charge is 0.162 e. The molecular weight excluding hydrogens is 246 g/mol. The first kappa shape index (κ1) is 15.8. The third-order valence-electron chi connectivity index (χ3n) is 2.96. The van der Waals surface area contributed by atoms with Gasteiger partial charge >= 0.3 is 0 Å². The average Bonchev–Trinajstić information content (AvgIpc) is 2.21. The lowest BCUT2D eigenvalue weighted by Gasteiger charge is -2.22. The maximum absolute atomic E-state index is 13.4. The largest absolute Gasteiger partial charge is 0.299 e. The molecule has 0 amide bonds. The minimum atomic E-state index is -0.903. The lowest BCUT2D eigenvalue weighted by molar-refractivity contribution is -0.119. The summed E-state index contributed by atoms with van der Waals surface area (Å²) in [4.78, 5) is 11.9. The Balaban J connectivity index is 2.58. The topological polar surface area (TPSA) is 17.1 Å². The van der Waals surface area contributed by atoms with Gasteiger partial charge in [0.05, 0.1) is 0 Å². The van der Waals surface area contributed by atoms with Gasteiger partial charge in [-0.3, -0.25) is 4.79 Å². The van der Waals surface area contributed by atoms with E-state index in [1.807, 2.05) is 6.92 Å². The summed E-state index contributed by atoms with van der Waals surface area (Å²) < 4.78 is 26.5. The van der Waals surface area contributed by atoms with Gasteiger partial charge in [-0.15, -0.1) is 0 Å². The molecule has 0 bridgehead atoms. The van der Waals surface area contributed by atoms with Crippen LogP contribution in [0.15, 0.2) is 18.2 Å². The number of rotatable bonds is 5. The molecule has 0 fully saturated rings. The monoisotopic (exact) mass is 268 g/mol. The molecule has 0 spiro atoms. The predicted octanol–water partition coefficient (Wildman–Crippen LogP) is 4.54. The predicted molar refractivity (Wildman–Crippen MR) is 72.9 cm³/mol.